The van der Waals surface area contributed by atoms with E-state index in [0.29, 0.717) is 15.8 Å². The fourth-order valence-corrected chi connectivity index (χ4v) is 2.34. The van der Waals surface area contributed by atoms with E-state index in [-0.39, 0.29) is 11.6 Å². The Kier molecular flexibility index (Phi) is 2.78. The third-order valence-electron chi connectivity index (χ3n) is 3.07. The highest BCUT2D eigenvalue weighted by Gasteiger charge is 2.13. The van der Waals surface area contributed by atoms with Crippen molar-refractivity contribution in [2.45, 2.75) is 0 Å². The first-order valence-electron chi connectivity index (χ1n) is 5.68. The third-order valence-corrected chi connectivity index (χ3v) is 3.74. The van der Waals surface area contributed by atoms with Crippen LogP contribution in [0.25, 0.3) is 22.4 Å². The Morgan fingerprint density at radius 3 is 2.74 bits per heavy atom. The highest BCUT2D eigenvalue weighted by Crippen LogP contribution is 2.31. The summed E-state index contributed by atoms with van der Waals surface area (Å²) >= 11 is 3.23. The molecule has 0 amide bonds. The number of para-hydroxylation sites is 1. The molecule has 0 aliphatic rings. The lowest BCUT2D eigenvalue weighted by Gasteiger charge is -2.04. The number of nitrogens with zero attached hydrogens (tertiary/aromatic N) is 2. The second-order valence-electron chi connectivity index (χ2n) is 4.27. The summed E-state index contributed by atoms with van der Waals surface area (Å²) in [6, 6.07) is 10.0. The molecule has 3 rings (SSSR count). The zero-order valence-corrected chi connectivity index (χ0v) is 11.6. The molecule has 0 unspecified atom stereocenters. The van der Waals surface area contributed by atoms with Gasteiger partial charge >= 0.3 is 0 Å². The molecule has 2 aromatic carbocycles. The van der Waals surface area contributed by atoms with E-state index in [1.165, 1.54) is 6.07 Å². The molecule has 0 saturated carbocycles. The lowest BCUT2D eigenvalue weighted by molar-refractivity contribution is 0.472. The van der Waals surface area contributed by atoms with Gasteiger partial charge in [-0.15, -0.1) is 0 Å². The summed E-state index contributed by atoms with van der Waals surface area (Å²) in [6.07, 6.45) is 0. The van der Waals surface area contributed by atoms with E-state index >= 15 is 0 Å². The summed E-state index contributed by atoms with van der Waals surface area (Å²) in [4.78, 5) is 4.31. The molecule has 96 valence electrons. The van der Waals surface area contributed by atoms with Gasteiger partial charge in [0.05, 0.1) is 9.99 Å². The van der Waals surface area contributed by atoms with Crippen LogP contribution in [0.1, 0.15) is 0 Å². The van der Waals surface area contributed by atoms with E-state index in [0.717, 1.165) is 11.1 Å². The van der Waals surface area contributed by atoms with E-state index < -0.39 is 0 Å². The average molecular weight is 321 g/mol. The molecular weight excluding hydrogens is 311 g/mol. The van der Waals surface area contributed by atoms with E-state index in [1.807, 2.05) is 19.2 Å². The summed E-state index contributed by atoms with van der Waals surface area (Å²) in [5.74, 6) is 0.397. The Bertz CT molecular complexity index is 782. The zero-order valence-electron chi connectivity index (χ0n) is 10.1. The first-order valence-corrected chi connectivity index (χ1v) is 6.47. The molecule has 1 N–H and O–H groups in total. The van der Waals surface area contributed by atoms with Crippen LogP contribution in [-0.4, -0.2) is 14.7 Å². The monoisotopic (exact) mass is 320 g/mol. The largest absolute Gasteiger partial charge is 0.507 e. The molecule has 0 radical (unpaired) electrons. The van der Waals surface area contributed by atoms with Crippen LogP contribution in [0.2, 0.25) is 0 Å². The number of aromatic hydroxyl groups is 1. The number of hydrogen-bond acceptors (Lipinski definition) is 2. The fourth-order valence-electron chi connectivity index (χ4n) is 2.09. The van der Waals surface area contributed by atoms with Crippen LogP contribution < -0.4 is 0 Å². The van der Waals surface area contributed by atoms with Gasteiger partial charge in [0.2, 0.25) is 0 Å². The number of fused-ring (bicyclic) bond motifs is 1. The Morgan fingerprint density at radius 1 is 1.26 bits per heavy atom. The van der Waals surface area contributed by atoms with Gasteiger partial charge in [-0.3, -0.25) is 0 Å². The topological polar surface area (TPSA) is 38.0 Å². The van der Waals surface area contributed by atoms with Gasteiger partial charge < -0.3 is 9.67 Å². The van der Waals surface area contributed by atoms with Crippen LogP contribution in [0.15, 0.2) is 40.9 Å². The quantitative estimate of drug-likeness (QED) is 0.739. The van der Waals surface area contributed by atoms with Crippen molar-refractivity contribution in [2.24, 2.45) is 7.05 Å². The van der Waals surface area contributed by atoms with E-state index in [4.69, 9.17) is 0 Å². The average Bonchev–Trinajstić information content (AvgIpc) is 2.72. The Labute approximate surface area is 117 Å². The second kappa shape index (κ2) is 4.35. The molecule has 5 heteroatoms. The normalized spacial score (nSPS) is 11.1. The number of benzene rings is 2. The van der Waals surface area contributed by atoms with Gasteiger partial charge in [0, 0.05) is 12.6 Å². The van der Waals surface area contributed by atoms with Crippen molar-refractivity contribution < 1.29 is 9.50 Å². The van der Waals surface area contributed by atoms with Gasteiger partial charge in [-0.25, -0.2) is 9.37 Å². The maximum atomic E-state index is 13.7. The lowest BCUT2D eigenvalue weighted by atomic mass is 10.2. The van der Waals surface area contributed by atoms with Crippen molar-refractivity contribution in [3.05, 3.63) is 46.7 Å². The maximum absolute atomic E-state index is 13.7. The van der Waals surface area contributed by atoms with Crippen molar-refractivity contribution in [1.82, 2.24) is 9.55 Å². The van der Waals surface area contributed by atoms with Gasteiger partial charge in [-0.2, -0.15) is 0 Å². The molecule has 0 fully saturated rings. The zero-order chi connectivity index (χ0) is 13.6. The lowest BCUT2D eigenvalue weighted by Crippen LogP contribution is -1.92. The predicted molar refractivity (Wildman–Crippen MR) is 75.5 cm³/mol. The Morgan fingerprint density at radius 2 is 2.05 bits per heavy atom. The van der Waals surface area contributed by atoms with Crippen molar-refractivity contribution in [3.8, 4) is 17.1 Å². The molecule has 0 atom stereocenters. The Balaban J connectivity index is 2.28. The van der Waals surface area contributed by atoms with Crippen molar-refractivity contribution in [2.75, 3.05) is 0 Å². The van der Waals surface area contributed by atoms with Crippen LogP contribution in [0.4, 0.5) is 4.39 Å². The molecule has 1 aromatic heterocycles. The van der Waals surface area contributed by atoms with Crippen molar-refractivity contribution >= 4 is 27.0 Å². The van der Waals surface area contributed by atoms with Crippen LogP contribution >= 0.6 is 15.9 Å². The number of aryl methyl sites for hydroxylation is 1. The SMILES string of the molecule is Cn1c(-c2ccc(Br)c(O)c2)nc2c(F)cccc21. The van der Waals surface area contributed by atoms with Gasteiger partial charge in [0.1, 0.15) is 17.1 Å². The van der Waals surface area contributed by atoms with Crippen molar-refractivity contribution in [3.63, 3.8) is 0 Å². The summed E-state index contributed by atoms with van der Waals surface area (Å²) in [7, 11) is 1.82. The standard InChI is InChI=1S/C14H10BrFN2O/c1-18-11-4-2-3-10(16)13(11)17-14(18)8-5-6-9(15)12(19)7-8/h2-7,19H,1H3. The number of halogens is 2. The number of aromatic nitrogens is 2. The summed E-state index contributed by atoms with van der Waals surface area (Å²) in [5.41, 5.74) is 1.79. The number of phenols is 1. The fraction of sp³-hybridized carbons (Fsp3) is 0.0714. The highest BCUT2D eigenvalue weighted by atomic mass is 79.9. The van der Waals surface area contributed by atoms with Crippen LogP contribution in [0.3, 0.4) is 0 Å². The van der Waals surface area contributed by atoms with E-state index in [2.05, 4.69) is 20.9 Å². The minimum Gasteiger partial charge on any atom is -0.507 e. The molecule has 0 saturated heterocycles. The van der Waals surface area contributed by atoms with Crippen LogP contribution in [0, 0.1) is 5.82 Å². The summed E-state index contributed by atoms with van der Waals surface area (Å²) in [6.45, 7) is 0. The summed E-state index contributed by atoms with van der Waals surface area (Å²) < 4.78 is 16.1. The number of phenolic OH excluding ortho intramolecular Hbond substituents is 1. The minimum absolute atomic E-state index is 0.130. The van der Waals surface area contributed by atoms with Crippen molar-refractivity contribution in [1.29, 1.82) is 0 Å². The van der Waals surface area contributed by atoms with Gasteiger partial charge in [-0.1, -0.05) is 6.07 Å². The Hall–Kier alpha value is -1.88. The van der Waals surface area contributed by atoms with E-state index in [1.54, 1.807) is 22.8 Å². The van der Waals surface area contributed by atoms with Gasteiger partial charge in [0.15, 0.2) is 5.82 Å². The second-order valence-corrected chi connectivity index (χ2v) is 5.12. The first-order chi connectivity index (χ1) is 9.08. The van der Waals surface area contributed by atoms with E-state index in [9.17, 15) is 9.50 Å². The molecular formula is C14H10BrFN2O. The molecule has 0 spiro atoms. The molecule has 0 bridgehead atoms. The molecule has 19 heavy (non-hydrogen) atoms. The molecule has 1 heterocycles. The van der Waals surface area contributed by atoms with Gasteiger partial charge in [-0.05, 0) is 46.3 Å². The first kappa shape index (κ1) is 12.2. The number of rotatable bonds is 1. The van der Waals surface area contributed by atoms with Crippen LogP contribution in [0.5, 0.6) is 5.75 Å². The molecule has 0 aliphatic carbocycles. The van der Waals surface area contributed by atoms with Gasteiger partial charge in [0.25, 0.3) is 0 Å². The number of hydrogen-bond donors (Lipinski definition) is 1. The van der Waals surface area contributed by atoms with Crippen LogP contribution in [-0.2, 0) is 7.05 Å². The molecule has 3 nitrogen and oxygen atoms in total. The minimum atomic E-state index is -0.347. The molecule has 3 aromatic rings. The predicted octanol–water partition coefficient (Wildman–Crippen LogP) is 3.85. The molecule has 0 aliphatic heterocycles. The maximum Gasteiger partial charge on any atom is 0.151 e. The highest BCUT2D eigenvalue weighted by molar-refractivity contribution is 9.10. The third kappa shape index (κ3) is 1.90. The smallest absolute Gasteiger partial charge is 0.151 e. The number of imidazole rings is 1. The summed E-state index contributed by atoms with van der Waals surface area (Å²) in [5, 5.41) is 9.72.